The number of carbonyl (C=O) groups is 5. The summed E-state index contributed by atoms with van der Waals surface area (Å²) in [6, 6.07) is -1.08. The van der Waals surface area contributed by atoms with Crippen molar-refractivity contribution in [2.45, 2.75) is 42.1 Å². The van der Waals surface area contributed by atoms with Crippen LogP contribution in [0.4, 0.5) is 5.13 Å². The number of amides is 3. The van der Waals surface area contributed by atoms with Gasteiger partial charge in [0.2, 0.25) is 6.41 Å². The first-order chi connectivity index (χ1) is 20.9. The number of anilines is 1. The van der Waals surface area contributed by atoms with E-state index in [1.807, 2.05) is 0 Å². The van der Waals surface area contributed by atoms with Gasteiger partial charge in [-0.2, -0.15) is 0 Å². The molecule has 4 rings (SSSR count). The van der Waals surface area contributed by atoms with Gasteiger partial charge in [-0.25, -0.2) is 14.6 Å². The van der Waals surface area contributed by atoms with Crippen molar-refractivity contribution in [1.82, 2.24) is 25.4 Å². The Morgan fingerprint density at radius 1 is 1.34 bits per heavy atom. The molecule has 2 atom stereocenters. The van der Waals surface area contributed by atoms with E-state index in [2.05, 4.69) is 31.0 Å². The van der Waals surface area contributed by atoms with Crippen LogP contribution in [0.3, 0.4) is 0 Å². The van der Waals surface area contributed by atoms with Crippen LogP contribution in [0.2, 0.25) is 4.34 Å². The monoisotopic (exact) mass is 701 g/mol. The molecule has 15 nitrogen and oxygen atoms in total. The Labute approximate surface area is 271 Å². The lowest BCUT2D eigenvalue weighted by atomic mass is 10.0. The number of oxime groups is 1. The molecule has 20 heteroatoms. The molecule has 1 unspecified atom stereocenters. The van der Waals surface area contributed by atoms with Gasteiger partial charge >= 0.3 is 11.9 Å². The topological polar surface area (TPSA) is 202 Å². The van der Waals surface area contributed by atoms with Crippen LogP contribution in [0.1, 0.15) is 26.5 Å². The number of aliphatic carboxylic acids is 1. The van der Waals surface area contributed by atoms with Gasteiger partial charge in [0.1, 0.15) is 44.9 Å². The van der Waals surface area contributed by atoms with Crippen molar-refractivity contribution in [2.75, 3.05) is 23.4 Å². The number of halogens is 1. The van der Waals surface area contributed by atoms with Crippen molar-refractivity contribution in [2.24, 2.45) is 5.16 Å². The molecule has 0 radical (unpaired) electrons. The smallest absolute Gasteiger partial charge is 0.352 e. The van der Waals surface area contributed by atoms with Crippen LogP contribution >= 0.6 is 57.8 Å². The zero-order chi connectivity index (χ0) is 32.0. The molecule has 2 aliphatic heterocycles. The molecule has 3 N–H and O–H groups in total. The molecule has 2 aromatic rings. The average molecular weight is 702 g/mol. The Kier molecular flexibility index (Phi) is 11.0. The van der Waals surface area contributed by atoms with E-state index in [9.17, 15) is 29.1 Å². The van der Waals surface area contributed by atoms with Crippen LogP contribution < -0.4 is 10.6 Å². The maximum absolute atomic E-state index is 13.4. The highest BCUT2D eigenvalue weighted by Gasteiger charge is 2.54. The molecular formula is C24H24ClN7O8S4. The molecule has 234 valence electrons. The van der Waals surface area contributed by atoms with Crippen LogP contribution in [-0.2, 0) is 33.5 Å². The lowest BCUT2D eigenvalue weighted by molar-refractivity contribution is -0.150. The van der Waals surface area contributed by atoms with Crippen molar-refractivity contribution < 1.29 is 38.7 Å². The molecular weight excluding hydrogens is 678 g/mol. The van der Waals surface area contributed by atoms with Gasteiger partial charge in [0.05, 0.1) is 0 Å². The van der Waals surface area contributed by atoms with E-state index in [0.29, 0.717) is 27.8 Å². The third kappa shape index (κ3) is 8.14. The third-order valence-electron chi connectivity index (χ3n) is 5.44. The first-order valence-electron chi connectivity index (χ1n) is 12.5. The molecule has 0 bridgehead atoms. The number of hydrogen-bond donors (Lipinski definition) is 3. The Bertz CT molecular complexity index is 1540. The largest absolute Gasteiger partial charge is 0.477 e. The van der Waals surface area contributed by atoms with E-state index in [-0.39, 0.29) is 27.5 Å². The first kappa shape index (κ1) is 33.4. The number of esters is 1. The average Bonchev–Trinajstić information content (AvgIpc) is 3.60. The number of aromatic nitrogens is 3. The maximum atomic E-state index is 13.4. The Morgan fingerprint density at radius 3 is 2.77 bits per heavy atom. The fraction of sp³-hybridized carbons (Fsp3) is 0.375. The first-order valence-corrected chi connectivity index (χ1v) is 16.6. The number of nitrogens with zero attached hydrogens (tertiary/aromatic N) is 5. The quantitative estimate of drug-likeness (QED) is 0.0402. The number of β-lactam (4-membered cyclic amide) rings is 1. The Balaban J connectivity index is 1.49. The molecule has 0 aliphatic carbocycles. The number of carboxylic acid groups (broad SMARTS) is 1. The lowest BCUT2D eigenvalue weighted by Crippen LogP contribution is -2.71. The van der Waals surface area contributed by atoms with Crippen LogP contribution in [0.25, 0.3) is 0 Å². The van der Waals surface area contributed by atoms with Gasteiger partial charge in [-0.1, -0.05) is 51.2 Å². The fourth-order valence-corrected chi connectivity index (χ4v) is 7.73. The van der Waals surface area contributed by atoms with Crippen molar-refractivity contribution in [3.8, 4) is 0 Å². The summed E-state index contributed by atoms with van der Waals surface area (Å²) in [4.78, 5) is 71.9. The number of fused-ring (bicyclic) bond motifs is 1. The van der Waals surface area contributed by atoms with Crippen LogP contribution in [-0.4, -0.2) is 96.2 Å². The lowest BCUT2D eigenvalue weighted by Gasteiger charge is -2.49. The van der Waals surface area contributed by atoms with Gasteiger partial charge in [-0.3, -0.25) is 19.3 Å². The summed E-state index contributed by atoms with van der Waals surface area (Å²) in [5, 5.41) is 25.7. The minimum absolute atomic E-state index is 0.00146. The summed E-state index contributed by atoms with van der Waals surface area (Å²) in [6.07, 6.45) is 2.84. The third-order valence-corrected chi connectivity index (χ3v) is 9.91. The predicted octanol–water partition coefficient (Wildman–Crippen LogP) is 2.37. The van der Waals surface area contributed by atoms with Crippen molar-refractivity contribution in [3.05, 3.63) is 39.0 Å². The number of ether oxygens (including phenoxy) is 1. The zero-order valence-electron chi connectivity index (χ0n) is 23.1. The minimum Gasteiger partial charge on any atom is -0.477 e. The fourth-order valence-electron chi connectivity index (χ4n) is 3.76. The number of rotatable bonds is 13. The number of nitrogens with one attached hydrogen (secondary N) is 2. The number of hydrogen-bond acceptors (Lipinski definition) is 15. The van der Waals surface area contributed by atoms with Gasteiger partial charge in [0, 0.05) is 17.6 Å². The van der Waals surface area contributed by atoms with Gasteiger partial charge in [0.25, 0.3) is 11.8 Å². The molecule has 0 spiro atoms. The molecule has 2 aromatic heterocycles. The molecule has 0 saturated carbocycles. The number of thiazole rings is 1. The highest BCUT2D eigenvalue weighted by Crippen LogP contribution is 2.41. The molecule has 1 fully saturated rings. The maximum Gasteiger partial charge on any atom is 0.352 e. The van der Waals surface area contributed by atoms with E-state index >= 15 is 0 Å². The summed E-state index contributed by atoms with van der Waals surface area (Å²) in [7, 11) is 0. The molecule has 2 aliphatic rings. The standard InChI is InChI=1S/C24H24ClN7O8S4/c1-24(2,3)40-12(34)5-4-6-39-31-14(13-17(25)44-22(29-13)26-9-33)18(35)28-15-19(36)32-16(21(37)38)11(7-41-20(15)32)8-42-23-30-27-10-43-23/h4-5,9-10,15,20H,6-8H2,1-3H3,(H,28,35)(H,37,38)(H,26,29,33)/b5-4+,31-14+/t15?,20-/m1/s1. The second-order valence-electron chi connectivity index (χ2n) is 9.69. The van der Waals surface area contributed by atoms with E-state index in [0.717, 1.165) is 22.3 Å². The number of carbonyl (C=O) groups excluding carboxylic acids is 4. The van der Waals surface area contributed by atoms with Gasteiger partial charge < -0.3 is 25.3 Å². The second-order valence-corrected chi connectivity index (χ2v) is 14.4. The van der Waals surface area contributed by atoms with Crippen LogP contribution in [0.5, 0.6) is 0 Å². The van der Waals surface area contributed by atoms with Gasteiger partial charge in [0.15, 0.2) is 15.2 Å². The van der Waals surface area contributed by atoms with Crippen molar-refractivity contribution in [3.63, 3.8) is 0 Å². The zero-order valence-corrected chi connectivity index (χ0v) is 27.2. The van der Waals surface area contributed by atoms with E-state index < -0.39 is 46.5 Å². The summed E-state index contributed by atoms with van der Waals surface area (Å²) in [6.45, 7) is 4.90. The summed E-state index contributed by atoms with van der Waals surface area (Å²) in [5.41, 5.74) is 0.739. The van der Waals surface area contributed by atoms with Crippen LogP contribution in [0.15, 0.2) is 38.4 Å². The molecule has 4 heterocycles. The summed E-state index contributed by atoms with van der Waals surface area (Å²) < 4.78 is 5.82. The van der Waals surface area contributed by atoms with Gasteiger partial charge in [-0.05, 0) is 32.4 Å². The Hall–Kier alpha value is -3.52. The summed E-state index contributed by atoms with van der Waals surface area (Å²) in [5.74, 6) is -2.78. The summed E-state index contributed by atoms with van der Waals surface area (Å²) >= 11 is 11.1. The molecule has 0 aromatic carbocycles. The normalized spacial score (nSPS) is 18.5. The molecule has 1 saturated heterocycles. The molecule has 3 amide bonds. The van der Waals surface area contributed by atoms with E-state index in [1.54, 1.807) is 26.3 Å². The van der Waals surface area contributed by atoms with Crippen molar-refractivity contribution in [1.29, 1.82) is 0 Å². The number of thioether (sulfide) groups is 2. The highest BCUT2D eigenvalue weighted by atomic mass is 35.5. The number of carboxylic acids is 1. The van der Waals surface area contributed by atoms with Crippen molar-refractivity contribution >= 4 is 98.8 Å². The highest BCUT2D eigenvalue weighted by molar-refractivity contribution is 8.01. The predicted molar refractivity (Wildman–Crippen MR) is 165 cm³/mol. The molecule has 44 heavy (non-hydrogen) atoms. The SMILES string of the molecule is CC(C)(C)OC(=O)/C=C/CO/N=C(/C(=O)NC1C(=O)N2C(C(=O)O)=C(CSc3nncs3)CS[C@H]12)c1nc(NC=O)sc1Cl. The Morgan fingerprint density at radius 2 is 2.11 bits per heavy atom. The van der Waals surface area contributed by atoms with E-state index in [4.69, 9.17) is 21.2 Å². The van der Waals surface area contributed by atoms with Gasteiger partial charge in [-0.15, -0.1) is 22.0 Å². The minimum atomic E-state index is -1.26. The van der Waals surface area contributed by atoms with E-state index in [1.165, 1.54) is 40.9 Å². The second kappa shape index (κ2) is 14.5. The van der Waals surface area contributed by atoms with Crippen LogP contribution in [0, 0.1) is 0 Å².